The third-order valence-electron chi connectivity index (χ3n) is 2.52. The monoisotopic (exact) mass is 160 g/mol. The number of hydrogen-bond donors (Lipinski definition) is 2. The first kappa shape index (κ1) is 7.49. The number of aliphatic hydroxyl groups is 2. The van der Waals surface area contributed by atoms with Crippen LogP contribution in [0.4, 0.5) is 0 Å². The molecule has 0 aromatic rings. The van der Waals surface area contributed by atoms with E-state index in [0.29, 0.717) is 6.61 Å². The highest BCUT2D eigenvalue weighted by molar-refractivity contribution is 5.06. The van der Waals surface area contributed by atoms with E-state index < -0.39 is 11.7 Å². The molecule has 2 saturated heterocycles. The molecule has 4 atom stereocenters. The van der Waals surface area contributed by atoms with Gasteiger partial charge in [0.05, 0.1) is 19.3 Å². The van der Waals surface area contributed by atoms with Crippen LogP contribution in [0.3, 0.4) is 0 Å². The zero-order chi connectivity index (χ0) is 8.06. The minimum absolute atomic E-state index is 0.106. The van der Waals surface area contributed by atoms with Gasteiger partial charge in [-0.05, 0) is 6.92 Å². The maximum Gasteiger partial charge on any atom is 0.143 e. The Balaban J connectivity index is 2.24. The van der Waals surface area contributed by atoms with Crippen molar-refractivity contribution in [2.45, 2.75) is 30.8 Å². The predicted octanol–water partition coefficient (Wildman–Crippen LogP) is -1.10. The van der Waals surface area contributed by atoms with Crippen molar-refractivity contribution in [3.05, 3.63) is 0 Å². The van der Waals surface area contributed by atoms with Gasteiger partial charge in [-0.3, -0.25) is 0 Å². The van der Waals surface area contributed by atoms with Gasteiger partial charge >= 0.3 is 0 Å². The third-order valence-corrected chi connectivity index (χ3v) is 2.52. The zero-order valence-corrected chi connectivity index (χ0v) is 6.36. The molecule has 11 heavy (non-hydrogen) atoms. The average molecular weight is 160 g/mol. The van der Waals surface area contributed by atoms with Crippen molar-refractivity contribution in [3.8, 4) is 0 Å². The molecule has 0 aromatic carbocycles. The third kappa shape index (κ3) is 0.780. The van der Waals surface area contributed by atoms with Crippen molar-refractivity contribution in [2.24, 2.45) is 0 Å². The van der Waals surface area contributed by atoms with Crippen molar-refractivity contribution >= 4 is 0 Å². The van der Waals surface area contributed by atoms with E-state index in [1.807, 2.05) is 6.92 Å². The van der Waals surface area contributed by atoms with E-state index in [0.717, 1.165) is 0 Å². The SMILES string of the molecule is CC1O[C@@]2(CO)COC1C2O. The van der Waals surface area contributed by atoms with E-state index >= 15 is 0 Å². The fourth-order valence-corrected chi connectivity index (χ4v) is 1.82. The highest BCUT2D eigenvalue weighted by atomic mass is 16.6. The summed E-state index contributed by atoms with van der Waals surface area (Å²) < 4.78 is 10.6. The number of aliphatic hydroxyl groups excluding tert-OH is 2. The maximum atomic E-state index is 9.54. The predicted molar refractivity (Wildman–Crippen MR) is 36.1 cm³/mol. The second kappa shape index (κ2) is 2.17. The van der Waals surface area contributed by atoms with Gasteiger partial charge in [0.1, 0.15) is 17.8 Å². The second-order valence-corrected chi connectivity index (χ2v) is 3.27. The Hall–Kier alpha value is -0.160. The van der Waals surface area contributed by atoms with Crippen LogP contribution in [0, 0.1) is 0 Å². The summed E-state index contributed by atoms with van der Waals surface area (Å²) in [5.41, 5.74) is -0.829. The molecule has 0 aliphatic carbocycles. The molecule has 2 rings (SSSR count). The molecule has 4 heteroatoms. The molecule has 2 N–H and O–H groups in total. The minimum Gasteiger partial charge on any atom is -0.393 e. The molecule has 64 valence electrons. The molecule has 2 heterocycles. The van der Waals surface area contributed by atoms with Crippen molar-refractivity contribution in [1.29, 1.82) is 0 Å². The van der Waals surface area contributed by atoms with Crippen LogP contribution in [0.1, 0.15) is 6.92 Å². The Morgan fingerprint density at radius 3 is 2.64 bits per heavy atom. The molecule has 0 radical (unpaired) electrons. The van der Waals surface area contributed by atoms with Crippen LogP contribution >= 0.6 is 0 Å². The van der Waals surface area contributed by atoms with Crippen LogP contribution in [0.2, 0.25) is 0 Å². The lowest BCUT2D eigenvalue weighted by molar-refractivity contribution is -0.155. The molecular formula is C7H12O4. The molecule has 3 unspecified atom stereocenters. The number of hydrogen-bond acceptors (Lipinski definition) is 4. The van der Waals surface area contributed by atoms with E-state index in [1.165, 1.54) is 0 Å². The maximum absolute atomic E-state index is 9.54. The van der Waals surface area contributed by atoms with E-state index in [9.17, 15) is 5.11 Å². The molecule has 2 aliphatic rings. The van der Waals surface area contributed by atoms with Crippen molar-refractivity contribution in [2.75, 3.05) is 13.2 Å². The molecule has 4 nitrogen and oxygen atoms in total. The smallest absolute Gasteiger partial charge is 0.143 e. The summed E-state index contributed by atoms with van der Waals surface area (Å²) in [5, 5.41) is 18.5. The van der Waals surface area contributed by atoms with Gasteiger partial charge in [0.25, 0.3) is 0 Å². The first-order valence-electron chi connectivity index (χ1n) is 3.78. The molecule has 0 saturated carbocycles. The van der Waals surface area contributed by atoms with Crippen LogP contribution in [0.25, 0.3) is 0 Å². The van der Waals surface area contributed by atoms with Crippen LogP contribution in [-0.4, -0.2) is 47.3 Å². The van der Waals surface area contributed by atoms with Gasteiger partial charge in [-0.25, -0.2) is 0 Å². The highest BCUT2D eigenvalue weighted by Crippen LogP contribution is 2.39. The van der Waals surface area contributed by atoms with E-state index in [4.69, 9.17) is 14.6 Å². The molecule has 2 aliphatic heterocycles. The summed E-state index contributed by atoms with van der Waals surface area (Å²) in [6.45, 7) is 1.97. The first-order valence-corrected chi connectivity index (χ1v) is 3.78. The Labute approximate surface area is 64.7 Å². The van der Waals surface area contributed by atoms with Gasteiger partial charge in [-0.15, -0.1) is 0 Å². The molecule has 0 spiro atoms. The Bertz CT molecular complexity index is 172. The lowest BCUT2D eigenvalue weighted by Crippen LogP contribution is -2.44. The van der Waals surface area contributed by atoms with E-state index in [1.54, 1.807) is 0 Å². The standard InChI is InChI=1S/C7H12O4/c1-4-5-6(9)7(2-8,11-4)3-10-5/h4-6,8-9H,2-3H2,1H3/t4?,5?,6?,7-/m0/s1. The van der Waals surface area contributed by atoms with Gasteiger partial charge < -0.3 is 19.7 Å². The summed E-state index contributed by atoms with van der Waals surface area (Å²) in [6.07, 6.45) is -1.02. The van der Waals surface area contributed by atoms with Crippen LogP contribution in [-0.2, 0) is 9.47 Å². The summed E-state index contributed by atoms with van der Waals surface area (Å²) in [5.74, 6) is 0. The topological polar surface area (TPSA) is 58.9 Å². The highest BCUT2D eigenvalue weighted by Gasteiger charge is 2.59. The second-order valence-electron chi connectivity index (χ2n) is 3.27. The van der Waals surface area contributed by atoms with Gasteiger partial charge in [0.2, 0.25) is 0 Å². The Morgan fingerprint density at radius 1 is 1.64 bits per heavy atom. The normalized spacial score (nSPS) is 55.4. The molecule has 2 fully saturated rings. The van der Waals surface area contributed by atoms with Crippen LogP contribution < -0.4 is 0 Å². The van der Waals surface area contributed by atoms with Crippen molar-refractivity contribution in [1.82, 2.24) is 0 Å². The van der Waals surface area contributed by atoms with E-state index in [2.05, 4.69) is 0 Å². The summed E-state index contributed by atoms with van der Waals surface area (Å²) in [4.78, 5) is 0. The molecular weight excluding hydrogens is 148 g/mol. The lowest BCUT2D eigenvalue weighted by atomic mass is 10.0. The first-order chi connectivity index (χ1) is 5.19. The zero-order valence-electron chi connectivity index (χ0n) is 6.36. The lowest BCUT2D eigenvalue weighted by Gasteiger charge is -2.26. The summed E-state index contributed by atoms with van der Waals surface area (Å²) in [7, 11) is 0. The van der Waals surface area contributed by atoms with Gasteiger partial charge in [-0.1, -0.05) is 0 Å². The van der Waals surface area contributed by atoms with Gasteiger partial charge in [0, 0.05) is 0 Å². The molecule has 2 bridgehead atoms. The fraction of sp³-hybridized carbons (Fsp3) is 1.00. The fourth-order valence-electron chi connectivity index (χ4n) is 1.82. The van der Waals surface area contributed by atoms with Crippen LogP contribution in [0.15, 0.2) is 0 Å². The number of rotatable bonds is 1. The summed E-state index contributed by atoms with van der Waals surface area (Å²) >= 11 is 0. The quantitative estimate of drug-likeness (QED) is 0.511. The van der Waals surface area contributed by atoms with E-state index in [-0.39, 0.29) is 18.8 Å². The minimum atomic E-state index is -0.829. The Morgan fingerprint density at radius 2 is 2.36 bits per heavy atom. The van der Waals surface area contributed by atoms with Crippen LogP contribution in [0.5, 0.6) is 0 Å². The largest absolute Gasteiger partial charge is 0.393 e. The van der Waals surface area contributed by atoms with Gasteiger partial charge in [-0.2, -0.15) is 0 Å². The molecule has 0 aromatic heterocycles. The summed E-state index contributed by atoms with van der Waals surface area (Å²) in [6, 6.07) is 0. The van der Waals surface area contributed by atoms with Crippen molar-refractivity contribution in [3.63, 3.8) is 0 Å². The number of fused-ring (bicyclic) bond motifs is 2. The molecule has 0 amide bonds. The van der Waals surface area contributed by atoms with Gasteiger partial charge in [0.15, 0.2) is 0 Å². The van der Waals surface area contributed by atoms with Crippen molar-refractivity contribution < 1.29 is 19.7 Å². The Kier molecular flexibility index (Phi) is 1.47. The average Bonchev–Trinajstić information content (AvgIpc) is 2.42. The number of ether oxygens (including phenoxy) is 2.